The standard InChI is InChI=1S/C9H17N/c10-4-3-9-6-7-1-2-8(9)5-7/h7-9H,1-6,10H2/t7-,8-,9+/m0/s1. The number of fused-ring (bicyclic) bond motifs is 2. The molecule has 0 aromatic heterocycles. The Labute approximate surface area is 63.0 Å². The second-order valence-electron chi connectivity index (χ2n) is 4.01. The Morgan fingerprint density at radius 2 is 2.10 bits per heavy atom. The molecule has 2 fully saturated rings. The molecule has 2 aliphatic carbocycles. The molecule has 2 bridgehead atoms. The molecular weight excluding hydrogens is 122 g/mol. The van der Waals surface area contributed by atoms with E-state index in [1.165, 1.54) is 32.1 Å². The van der Waals surface area contributed by atoms with Crippen LogP contribution in [0.2, 0.25) is 0 Å². The van der Waals surface area contributed by atoms with Gasteiger partial charge in [0.2, 0.25) is 0 Å². The third kappa shape index (κ3) is 0.968. The van der Waals surface area contributed by atoms with Crippen molar-refractivity contribution in [2.45, 2.75) is 32.1 Å². The Balaban J connectivity index is 1.90. The van der Waals surface area contributed by atoms with Crippen LogP contribution in [0, 0.1) is 17.8 Å². The van der Waals surface area contributed by atoms with Crippen LogP contribution in [0.3, 0.4) is 0 Å². The summed E-state index contributed by atoms with van der Waals surface area (Å²) in [4.78, 5) is 0. The molecule has 0 radical (unpaired) electrons. The minimum absolute atomic E-state index is 0.911. The highest BCUT2D eigenvalue weighted by Gasteiger charge is 2.38. The molecule has 0 aromatic rings. The van der Waals surface area contributed by atoms with Crippen molar-refractivity contribution in [3.05, 3.63) is 0 Å². The summed E-state index contributed by atoms with van der Waals surface area (Å²) in [6, 6.07) is 0. The van der Waals surface area contributed by atoms with Gasteiger partial charge in [0.25, 0.3) is 0 Å². The largest absolute Gasteiger partial charge is 0.330 e. The van der Waals surface area contributed by atoms with Gasteiger partial charge in [-0.2, -0.15) is 0 Å². The van der Waals surface area contributed by atoms with Crippen LogP contribution < -0.4 is 5.73 Å². The van der Waals surface area contributed by atoms with Gasteiger partial charge in [-0.25, -0.2) is 0 Å². The van der Waals surface area contributed by atoms with Crippen LogP contribution >= 0.6 is 0 Å². The third-order valence-corrected chi connectivity index (χ3v) is 3.42. The van der Waals surface area contributed by atoms with Gasteiger partial charge in [0.1, 0.15) is 0 Å². The van der Waals surface area contributed by atoms with Crippen molar-refractivity contribution in [2.75, 3.05) is 6.54 Å². The number of hydrogen-bond donors (Lipinski definition) is 1. The second kappa shape index (κ2) is 2.54. The number of hydrogen-bond acceptors (Lipinski definition) is 1. The van der Waals surface area contributed by atoms with Gasteiger partial charge in [0, 0.05) is 0 Å². The van der Waals surface area contributed by atoms with Crippen LogP contribution in [0.5, 0.6) is 0 Å². The Bertz CT molecular complexity index is 122. The molecule has 0 heterocycles. The molecule has 1 heteroatoms. The lowest BCUT2D eigenvalue weighted by Crippen LogP contribution is -2.14. The maximum Gasteiger partial charge on any atom is -0.00745 e. The average molecular weight is 139 g/mol. The van der Waals surface area contributed by atoms with Crippen molar-refractivity contribution < 1.29 is 0 Å². The molecule has 2 aliphatic rings. The Morgan fingerprint density at radius 1 is 1.20 bits per heavy atom. The summed E-state index contributed by atoms with van der Waals surface area (Å²) in [7, 11) is 0. The van der Waals surface area contributed by atoms with Gasteiger partial charge < -0.3 is 5.73 Å². The fourth-order valence-corrected chi connectivity index (χ4v) is 2.94. The minimum atomic E-state index is 0.911. The van der Waals surface area contributed by atoms with Crippen molar-refractivity contribution in [1.29, 1.82) is 0 Å². The molecule has 2 saturated carbocycles. The van der Waals surface area contributed by atoms with Crippen molar-refractivity contribution in [2.24, 2.45) is 23.5 Å². The molecule has 2 N–H and O–H groups in total. The predicted molar refractivity (Wildman–Crippen MR) is 42.6 cm³/mol. The smallest absolute Gasteiger partial charge is 0.00745 e. The first kappa shape index (κ1) is 6.66. The first-order valence-electron chi connectivity index (χ1n) is 4.60. The van der Waals surface area contributed by atoms with E-state index in [9.17, 15) is 0 Å². The SMILES string of the molecule is NCC[C@@H]1C[C@H]2CC[C@H]1C2. The molecule has 10 heavy (non-hydrogen) atoms. The highest BCUT2D eigenvalue weighted by Crippen LogP contribution is 2.49. The van der Waals surface area contributed by atoms with E-state index >= 15 is 0 Å². The molecule has 0 unspecified atom stereocenters. The van der Waals surface area contributed by atoms with Crippen LogP contribution in [-0.4, -0.2) is 6.54 Å². The van der Waals surface area contributed by atoms with E-state index in [0.717, 1.165) is 24.3 Å². The third-order valence-electron chi connectivity index (χ3n) is 3.42. The average Bonchev–Trinajstić information content (AvgIpc) is 2.48. The zero-order chi connectivity index (χ0) is 6.97. The lowest BCUT2D eigenvalue weighted by molar-refractivity contribution is 0.318. The van der Waals surface area contributed by atoms with Crippen molar-refractivity contribution in [1.82, 2.24) is 0 Å². The van der Waals surface area contributed by atoms with E-state index in [1.54, 1.807) is 0 Å². The lowest BCUT2D eigenvalue weighted by Gasteiger charge is -2.20. The highest BCUT2D eigenvalue weighted by atomic mass is 14.5. The van der Waals surface area contributed by atoms with Crippen molar-refractivity contribution >= 4 is 0 Å². The molecule has 0 aromatic carbocycles. The molecule has 0 spiro atoms. The maximum absolute atomic E-state index is 5.54. The fraction of sp³-hybridized carbons (Fsp3) is 1.00. The summed E-state index contributed by atoms with van der Waals surface area (Å²) in [5.41, 5.74) is 5.54. The lowest BCUT2D eigenvalue weighted by atomic mass is 9.86. The minimum Gasteiger partial charge on any atom is -0.330 e. The fourth-order valence-electron chi connectivity index (χ4n) is 2.94. The molecule has 58 valence electrons. The Hall–Kier alpha value is -0.0400. The van der Waals surface area contributed by atoms with Crippen LogP contribution in [0.1, 0.15) is 32.1 Å². The van der Waals surface area contributed by atoms with Gasteiger partial charge in [-0.15, -0.1) is 0 Å². The number of rotatable bonds is 2. The van der Waals surface area contributed by atoms with Crippen molar-refractivity contribution in [3.8, 4) is 0 Å². The molecule has 0 aliphatic heterocycles. The molecule has 0 amide bonds. The Kier molecular flexibility index (Phi) is 1.69. The normalized spacial score (nSPS) is 44.7. The first-order chi connectivity index (χ1) is 4.90. The predicted octanol–water partition coefficient (Wildman–Crippen LogP) is 1.77. The van der Waals surface area contributed by atoms with E-state index in [4.69, 9.17) is 5.73 Å². The van der Waals surface area contributed by atoms with E-state index < -0.39 is 0 Å². The molecule has 1 nitrogen and oxygen atoms in total. The van der Waals surface area contributed by atoms with Crippen LogP contribution in [0.15, 0.2) is 0 Å². The van der Waals surface area contributed by atoms with Crippen LogP contribution in [0.25, 0.3) is 0 Å². The zero-order valence-electron chi connectivity index (χ0n) is 6.55. The summed E-state index contributed by atoms with van der Waals surface area (Å²) in [5.74, 6) is 3.19. The molecular formula is C9H17N. The van der Waals surface area contributed by atoms with Gasteiger partial charge in [-0.1, -0.05) is 6.42 Å². The summed E-state index contributed by atoms with van der Waals surface area (Å²) in [6.45, 7) is 0.911. The van der Waals surface area contributed by atoms with E-state index in [2.05, 4.69) is 0 Å². The zero-order valence-corrected chi connectivity index (χ0v) is 6.55. The van der Waals surface area contributed by atoms with Gasteiger partial charge in [-0.05, 0) is 50.0 Å². The quantitative estimate of drug-likeness (QED) is 0.620. The highest BCUT2D eigenvalue weighted by molar-refractivity contribution is 4.89. The molecule has 3 atom stereocenters. The first-order valence-corrected chi connectivity index (χ1v) is 4.60. The second-order valence-corrected chi connectivity index (χ2v) is 4.01. The summed E-state index contributed by atoms with van der Waals surface area (Å²) >= 11 is 0. The van der Waals surface area contributed by atoms with Gasteiger partial charge in [0.15, 0.2) is 0 Å². The van der Waals surface area contributed by atoms with E-state index in [0.29, 0.717) is 0 Å². The van der Waals surface area contributed by atoms with Gasteiger partial charge >= 0.3 is 0 Å². The summed E-state index contributed by atoms with van der Waals surface area (Å²) in [5, 5.41) is 0. The van der Waals surface area contributed by atoms with E-state index in [1.807, 2.05) is 0 Å². The van der Waals surface area contributed by atoms with Gasteiger partial charge in [0.05, 0.1) is 0 Å². The Morgan fingerprint density at radius 3 is 2.60 bits per heavy atom. The monoisotopic (exact) mass is 139 g/mol. The van der Waals surface area contributed by atoms with Crippen LogP contribution in [-0.2, 0) is 0 Å². The van der Waals surface area contributed by atoms with Crippen molar-refractivity contribution in [3.63, 3.8) is 0 Å². The summed E-state index contributed by atoms with van der Waals surface area (Å²) < 4.78 is 0. The number of nitrogens with two attached hydrogens (primary N) is 1. The van der Waals surface area contributed by atoms with Gasteiger partial charge in [-0.3, -0.25) is 0 Å². The summed E-state index contributed by atoms with van der Waals surface area (Å²) in [6.07, 6.45) is 7.36. The van der Waals surface area contributed by atoms with Crippen LogP contribution in [0.4, 0.5) is 0 Å². The molecule has 0 saturated heterocycles. The topological polar surface area (TPSA) is 26.0 Å². The van der Waals surface area contributed by atoms with E-state index in [-0.39, 0.29) is 0 Å². The molecule has 2 rings (SSSR count). The maximum atomic E-state index is 5.54.